The van der Waals surface area contributed by atoms with Gasteiger partial charge in [0.15, 0.2) is 0 Å². The molecular formula is C13H15N3O4S2. The number of carbonyl (C=O) groups excluding carboxylic acids is 2. The van der Waals surface area contributed by atoms with Gasteiger partial charge in [-0.05, 0) is 12.1 Å². The van der Waals surface area contributed by atoms with E-state index in [1.165, 1.54) is 27.9 Å². The predicted molar refractivity (Wildman–Crippen MR) is 85.1 cm³/mol. The van der Waals surface area contributed by atoms with Crippen molar-refractivity contribution in [2.24, 2.45) is 0 Å². The molecule has 9 heteroatoms. The molecular weight excluding hydrogens is 326 g/mol. The highest BCUT2D eigenvalue weighted by atomic mass is 33.1. The minimum absolute atomic E-state index is 0.317. The van der Waals surface area contributed by atoms with Crippen LogP contribution in [0.3, 0.4) is 0 Å². The van der Waals surface area contributed by atoms with Gasteiger partial charge < -0.3 is 9.47 Å². The number of hydrogen-bond acceptors (Lipinski definition) is 7. The summed E-state index contributed by atoms with van der Waals surface area (Å²) >= 11 is 0. The van der Waals surface area contributed by atoms with Gasteiger partial charge in [-0.15, -0.1) is 0 Å². The molecule has 7 nitrogen and oxygen atoms in total. The Labute approximate surface area is 135 Å². The zero-order valence-corrected chi connectivity index (χ0v) is 13.3. The number of aromatic nitrogens is 3. The van der Waals surface area contributed by atoms with Crippen molar-refractivity contribution in [3.05, 3.63) is 43.2 Å². The molecule has 0 radical (unpaired) electrons. The number of ether oxygens (including phenoxy) is 2. The molecule has 0 aliphatic carbocycles. The van der Waals surface area contributed by atoms with E-state index in [0.717, 1.165) is 0 Å². The minimum Gasteiger partial charge on any atom is -0.448 e. The van der Waals surface area contributed by atoms with Crippen LogP contribution in [0.25, 0.3) is 0 Å². The van der Waals surface area contributed by atoms with Crippen LogP contribution >= 0.6 is 21.6 Å². The third-order valence-corrected chi connectivity index (χ3v) is 4.73. The largest absolute Gasteiger partial charge is 0.448 e. The van der Waals surface area contributed by atoms with Crippen molar-refractivity contribution in [1.29, 1.82) is 0 Å². The average Bonchev–Trinajstić information content (AvgIpc) is 3.22. The van der Waals surface area contributed by atoms with Gasteiger partial charge in [-0.2, -0.15) is 0 Å². The lowest BCUT2D eigenvalue weighted by molar-refractivity contribution is 0.154. The second-order valence-electron chi connectivity index (χ2n) is 3.93. The van der Waals surface area contributed by atoms with Gasteiger partial charge in [0.2, 0.25) is 0 Å². The molecule has 2 rings (SSSR count). The molecule has 118 valence electrons. The fraction of sp³-hybridized carbons (Fsp3) is 0.308. The van der Waals surface area contributed by atoms with Gasteiger partial charge in [0, 0.05) is 36.3 Å². The first kappa shape index (κ1) is 16.5. The zero-order chi connectivity index (χ0) is 15.6. The zero-order valence-electron chi connectivity index (χ0n) is 11.7. The summed E-state index contributed by atoms with van der Waals surface area (Å²) in [5.41, 5.74) is 0. The Kier molecular flexibility index (Phi) is 6.91. The molecule has 0 aliphatic rings. The van der Waals surface area contributed by atoms with Gasteiger partial charge in [-0.25, -0.2) is 19.1 Å². The van der Waals surface area contributed by atoms with Crippen LogP contribution in [0.1, 0.15) is 0 Å². The summed E-state index contributed by atoms with van der Waals surface area (Å²) in [6.45, 7) is 0.654. The van der Waals surface area contributed by atoms with Crippen molar-refractivity contribution in [2.75, 3.05) is 24.7 Å². The van der Waals surface area contributed by atoms with Crippen molar-refractivity contribution < 1.29 is 19.1 Å². The van der Waals surface area contributed by atoms with E-state index in [1.807, 2.05) is 0 Å². The van der Waals surface area contributed by atoms with Crippen LogP contribution < -0.4 is 0 Å². The first-order valence-corrected chi connectivity index (χ1v) is 8.96. The maximum atomic E-state index is 11.5. The molecule has 2 heterocycles. The Bertz CT molecular complexity index is 520. The summed E-state index contributed by atoms with van der Waals surface area (Å²) < 4.78 is 12.8. The molecule has 0 aliphatic heterocycles. The Morgan fingerprint density at radius 1 is 0.909 bits per heavy atom. The fourth-order valence-corrected chi connectivity index (χ4v) is 3.07. The number of imidazole rings is 1. The van der Waals surface area contributed by atoms with E-state index >= 15 is 0 Å². The Morgan fingerprint density at radius 3 is 2.05 bits per heavy atom. The molecule has 0 atom stereocenters. The Balaban J connectivity index is 1.45. The van der Waals surface area contributed by atoms with Crippen LogP contribution in [0.5, 0.6) is 0 Å². The van der Waals surface area contributed by atoms with Crippen LogP contribution in [0.15, 0.2) is 43.2 Å². The summed E-state index contributed by atoms with van der Waals surface area (Å²) in [5.74, 6) is 1.34. The smallest absolute Gasteiger partial charge is 0.419 e. The van der Waals surface area contributed by atoms with Gasteiger partial charge in [0.25, 0.3) is 0 Å². The second-order valence-corrected chi connectivity index (χ2v) is 6.64. The van der Waals surface area contributed by atoms with Gasteiger partial charge in [0.1, 0.15) is 19.5 Å². The molecule has 0 fully saturated rings. The van der Waals surface area contributed by atoms with Crippen molar-refractivity contribution in [3.63, 3.8) is 0 Å². The lowest BCUT2D eigenvalue weighted by Crippen LogP contribution is -2.13. The quantitative estimate of drug-likeness (QED) is 0.566. The van der Waals surface area contributed by atoms with E-state index in [9.17, 15) is 9.59 Å². The molecule has 2 aromatic rings. The van der Waals surface area contributed by atoms with Crippen molar-refractivity contribution in [1.82, 2.24) is 14.1 Å². The first-order chi connectivity index (χ1) is 10.8. The maximum absolute atomic E-state index is 11.5. The number of hydrogen-bond donors (Lipinski definition) is 0. The second kappa shape index (κ2) is 9.21. The lowest BCUT2D eigenvalue weighted by Gasteiger charge is -2.05. The van der Waals surface area contributed by atoms with Gasteiger partial charge in [0.05, 0.1) is 0 Å². The highest BCUT2D eigenvalue weighted by molar-refractivity contribution is 8.76. The highest BCUT2D eigenvalue weighted by Crippen LogP contribution is 2.20. The molecule has 0 N–H and O–H groups in total. The molecule has 2 aromatic heterocycles. The third kappa shape index (κ3) is 5.49. The summed E-state index contributed by atoms with van der Waals surface area (Å²) in [7, 11) is 3.12. The Morgan fingerprint density at radius 2 is 1.50 bits per heavy atom. The molecule has 0 saturated heterocycles. The van der Waals surface area contributed by atoms with Crippen LogP contribution in [-0.2, 0) is 9.47 Å². The summed E-state index contributed by atoms with van der Waals surface area (Å²) in [5, 5.41) is 0. The topological polar surface area (TPSA) is 75.3 Å². The van der Waals surface area contributed by atoms with Crippen LogP contribution in [0.4, 0.5) is 9.59 Å². The number of rotatable bonds is 7. The van der Waals surface area contributed by atoms with Gasteiger partial charge >= 0.3 is 12.2 Å². The van der Waals surface area contributed by atoms with E-state index in [1.54, 1.807) is 46.1 Å². The van der Waals surface area contributed by atoms with E-state index in [2.05, 4.69) is 4.98 Å². The fourth-order valence-electron chi connectivity index (χ4n) is 1.42. The first-order valence-electron chi connectivity index (χ1n) is 6.47. The van der Waals surface area contributed by atoms with E-state index in [0.29, 0.717) is 24.7 Å². The van der Waals surface area contributed by atoms with Crippen LogP contribution in [0, 0.1) is 0 Å². The predicted octanol–water partition coefficient (Wildman–Crippen LogP) is 2.74. The monoisotopic (exact) mass is 341 g/mol. The highest BCUT2D eigenvalue weighted by Gasteiger charge is 2.05. The average molecular weight is 341 g/mol. The van der Waals surface area contributed by atoms with E-state index in [4.69, 9.17) is 9.47 Å². The molecule has 0 bridgehead atoms. The molecule has 0 spiro atoms. The molecule has 0 saturated carbocycles. The molecule has 22 heavy (non-hydrogen) atoms. The lowest BCUT2D eigenvalue weighted by atomic mass is 10.7. The van der Waals surface area contributed by atoms with Crippen LogP contribution in [-0.4, -0.2) is 51.0 Å². The minimum atomic E-state index is -0.441. The van der Waals surface area contributed by atoms with Gasteiger partial charge in [-0.1, -0.05) is 21.6 Å². The molecule has 0 amide bonds. The third-order valence-electron chi connectivity index (χ3n) is 2.40. The number of nitrogens with zero attached hydrogens (tertiary/aromatic N) is 3. The van der Waals surface area contributed by atoms with Crippen molar-refractivity contribution >= 4 is 33.8 Å². The summed E-state index contributed by atoms with van der Waals surface area (Å²) in [6.07, 6.45) is 6.89. The standard InChI is InChI=1S/C13H15N3O4S2/c17-12(15-4-1-2-5-15)19-7-9-21-22-10-8-20-13(18)16-6-3-14-11-16/h1-6,11H,7-10H2. The number of carbonyl (C=O) groups is 2. The van der Waals surface area contributed by atoms with Crippen molar-refractivity contribution in [2.45, 2.75) is 0 Å². The molecule has 0 unspecified atom stereocenters. The van der Waals surface area contributed by atoms with Crippen LogP contribution in [0.2, 0.25) is 0 Å². The normalized spacial score (nSPS) is 10.4. The Hall–Kier alpha value is -1.87. The summed E-state index contributed by atoms with van der Waals surface area (Å²) in [4.78, 5) is 26.7. The van der Waals surface area contributed by atoms with Gasteiger partial charge in [-0.3, -0.25) is 4.57 Å². The SMILES string of the molecule is O=C(OCCSSCCOC(=O)n1ccnc1)n1cccc1. The maximum Gasteiger partial charge on any atom is 0.419 e. The molecule has 0 aromatic carbocycles. The van der Waals surface area contributed by atoms with E-state index < -0.39 is 6.09 Å². The van der Waals surface area contributed by atoms with Crippen molar-refractivity contribution in [3.8, 4) is 0 Å². The van der Waals surface area contributed by atoms with E-state index in [-0.39, 0.29) is 6.09 Å². The summed E-state index contributed by atoms with van der Waals surface area (Å²) in [6, 6.07) is 3.52.